The summed E-state index contributed by atoms with van der Waals surface area (Å²) in [6.45, 7) is 12.3. The Balaban J connectivity index is 4.26. The second-order valence-corrected chi connectivity index (χ2v) is 6.53. The summed E-state index contributed by atoms with van der Waals surface area (Å²) in [5, 5.41) is 2.41. The van der Waals surface area contributed by atoms with Crippen LogP contribution in [0.4, 0.5) is 9.59 Å². The van der Waals surface area contributed by atoms with Gasteiger partial charge >= 0.3 is 18.1 Å². The summed E-state index contributed by atoms with van der Waals surface area (Å²) in [7, 11) is 0. The largest absolute Gasteiger partial charge is 0.444 e. The number of rotatable bonds is 7. The van der Waals surface area contributed by atoms with Crippen molar-refractivity contribution in [3.8, 4) is 0 Å². The third-order valence-electron chi connectivity index (χ3n) is 2.78. The van der Waals surface area contributed by atoms with Crippen LogP contribution >= 0.6 is 0 Å². The molecule has 0 heterocycles. The minimum absolute atomic E-state index is 0.429. The third kappa shape index (κ3) is 8.56. The summed E-state index contributed by atoms with van der Waals surface area (Å²) in [5.74, 6) is -0.731. The molecule has 0 spiro atoms. The van der Waals surface area contributed by atoms with Crippen LogP contribution in [-0.4, -0.2) is 54.0 Å². The van der Waals surface area contributed by atoms with Gasteiger partial charge in [0.15, 0.2) is 0 Å². The quantitative estimate of drug-likeness (QED) is 0.315. The molecule has 0 bridgehead atoms. The molecule has 2 N–H and O–H groups in total. The minimum Gasteiger partial charge on any atom is -0.444 e. The third-order valence-corrected chi connectivity index (χ3v) is 2.78. The first-order valence-electron chi connectivity index (χ1n) is 7.78. The van der Waals surface area contributed by atoms with Crippen molar-refractivity contribution in [2.75, 3.05) is 19.9 Å². The van der Waals surface area contributed by atoms with E-state index in [1.165, 1.54) is 18.7 Å². The van der Waals surface area contributed by atoms with E-state index in [-0.39, 0.29) is 0 Å². The molecule has 24 heavy (non-hydrogen) atoms. The first-order valence-corrected chi connectivity index (χ1v) is 7.78. The molecule has 0 aliphatic carbocycles. The Hall–Kier alpha value is -2.03. The summed E-state index contributed by atoms with van der Waals surface area (Å²) >= 11 is 0. The maximum atomic E-state index is 12.0. The predicted octanol–water partition coefficient (Wildman–Crippen LogP) is 1.77. The Bertz CT molecular complexity index is 441. The first kappa shape index (κ1) is 22.0. The van der Waals surface area contributed by atoms with Crippen molar-refractivity contribution >= 4 is 18.1 Å². The highest BCUT2D eigenvalue weighted by Gasteiger charge is 2.33. The number of alkyl carbamates (subject to hydrolysis) is 1. The fourth-order valence-corrected chi connectivity index (χ4v) is 1.54. The van der Waals surface area contributed by atoms with Gasteiger partial charge in [-0.25, -0.2) is 24.7 Å². The van der Waals surface area contributed by atoms with Crippen LogP contribution in [0, 0.1) is 0 Å². The lowest BCUT2D eigenvalue weighted by atomic mass is 10.1. The summed E-state index contributed by atoms with van der Waals surface area (Å²) in [5.41, 5.74) is 0.171. The maximum absolute atomic E-state index is 12.0. The number of ether oxygens (including phenoxy) is 2. The number of carbonyl (C=O) groups excluding carboxylic acids is 3. The van der Waals surface area contributed by atoms with E-state index in [4.69, 9.17) is 14.3 Å². The number of nitrogens with zero attached hydrogens (tertiary/aromatic N) is 1. The van der Waals surface area contributed by atoms with Gasteiger partial charge in [0.2, 0.25) is 6.79 Å². The lowest BCUT2D eigenvalue weighted by Gasteiger charge is -2.26. The lowest BCUT2D eigenvalue weighted by molar-refractivity contribution is -0.167. The van der Waals surface area contributed by atoms with Crippen molar-refractivity contribution in [1.82, 2.24) is 15.7 Å². The molecule has 0 aromatic rings. The molecule has 3 amide bonds. The van der Waals surface area contributed by atoms with Crippen LogP contribution in [0.1, 0.15) is 48.5 Å². The van der Waals surface area contributed by atoms with E-state index in [9.17, 15) is 14.4 Å². The van der Waals surface area contributed by atoms with Gasteiger partial charge < -0.3 is 19.7 Å². The highest BCUT2D eigenvalue weighted by molar-refractivity contribution is 5.84. The molecule has 0 saturated heterocycles. The molecule has 9 nitrogen and oxygen atoms in total. The summed E-state index contributed by atoms with van der Waals surface area (Å²) in [4.78, 5) is 41.6. The minimum atomic E-state index is -1.31. The van der Waals surface area contributed by atoms with E-state index < -0.39 is 36.0 Å². The molecule has 0 aliphatic rings. The van der Waals surface area contributed by atoms with Crippen LogP contribution in [0.2, 0.25) is 0 Å². The average molecular weight is 347 g/mol. The smallest absolute Gasteiger partial charge is 0.408 e. The van der Waals surface area contributed by atoms with E-state index in [2.05, 4.69) is 10.8 Å². The lowest BCUT2D eigenvalue weighted by Crippen LogP contribution is -2.52. The normalized spacial score (nSPS) is 11.5. The van der Waals surface area contributed by atoms with Gasteiger partial charge in [-0.05, 0) is 48.5 Å². The van der Waals surface area contributed by atoms with Gasteiger partial charge in [0.05, 0.1) is 0 Å². The molecule has 0 rings (SSSR count). The van der Waals surface area contributed by atoms with E-state index >= 15 is 0 Å². The molecule has 140 valence electrons. The second kappa shape index (κ2) is 9.31. The van der Waals surface area contributed by atoms with Gasteiger partial charge in [-0.1, -0.05) is 0 Å². The second-order valence-electron chi connectivity index (χ2n) is 6.53. The number of hydroxylamine groups is 1. The van der Waals surface area contributed by atoms with E-state index in [1.807, 2.05) is 13.8 Å². The fourth-order valence-electron chi connectivity index (χ4n) is 1.54. The molecule has 0 unspecified atom stereocenters. The Morgan fingerprint density at radius 2 is 1.54 bits per heavy atom. The van der Waals surface area contributed by atoms with E-state index in [1.54, 1.807) is 20.8 Å². The highest BCUT2D eigenvalue weighted by atomic mass is 16.8. The van der Waals surface area contributed by atoms with Crippen molar-refractivity contribution < 1.29 is 28.7 Å². The van der Waals surface area contributed by atoms with E-state index in [0.717, 1.165) is 0 Å². The van der Waals surface area contributed by atoms with Gasteiger partial charge in [0, 0.05) is 13.1 Å². The maximum Gasteiger partial charge on any atom is 0.408 e. The molecule has 0 aromatic carbocycles. The topological polar surface area (TPSA) is 106 Å². The van der Waals surface area contributed by atoms with Crippen molar-refractivity contribution in [3.05, 3.63) is 0 Å². The number of esters is 1. The summed E-state index contributed by atoms with van der Waals surface area (Å²) in [6.07, 6.45) is -0.736. The van der Waals surface area contributed by atoms with Crippen molar-refractivity contribution in [2.45, 2.75) is 59.6 Å². The number of nitrogens with one attached hydrogen (secondary N) is 2. The summed E-state index contributed by atoms with van der Waals surface area (Å²) < 4.78 is 9.95. The van der Waals surface area contributed by atoms with Crippen LogP contribution in [0.5, 0.6) is 0 Å². The fraction of sp³-hybridized carbons (Fsp3) is 0.800. The van der Waals surface area contributed by atoms with Crippen LogP contribution in [0.25, 0.3) is 0 Å². The average Bonchev–Trinajstić information content (AvgIpc) is 2.41. The Morgan fingerprint density at radius 1 is 1.00 bits per heavy atom. The standard InChI is InChI=1S/C15H29N3O6/c1-8-18(9-2)12(20)17-23-10-22-11(19)15(6,7)16-13(21)24-14(3,4)5/h8-10H2,1-7H3,(H,16,21)(H,17,20). The monoisotopic (exact) mass is 347 g/mol. The van der Waals surface area contributed by atoms with Crippen LogP contribution < -0.4 is 10.8 Å². The highest BCUT2D eigenvalue weighted by Crippen LogP contribution is 2.10. The molecule has 0 aliphatic heterocycles. The van der Waals surface area contributed by atoms with Crippen molar-refractivity contribution in [2.24, 2.45) is 0 Å². The number of hydrogen-bond acceptors (Lipinski definition) is 6. The van der Waals surface area contributed by atoms with Crippen LogP contribution in [0.3, 0.4) is 0 Å². The summed E-state index contributed by atoms with van der Waals surface area (Å²) in [6, 6.07) is -0.429. The molecule has 0 aromatic heterocycles. The zero-order valence-electron chi connectivity index (χ0n) is 15.5. The van der Waals surface area contributed by atoms with E-state index in [0.29, 0.717) is 13.1 Å². The van der Waals surface area contributed by atoms with Crippen LogP contribution in [-0.2, 0) is 19.1 Å². The molecule has 0 fully saturated rings. The number of carbonyl (C=O) groups is 3. The molecule has 9 heteroatoms. The number of urea groups is 1. The molecule has 0 saturated carbocycles. The van der Waals surface area contributed by atoms with Gasteiger partial charge in [0.25, 0.3) is 0 Å². The van der Waals surface area contributed by atoms with Crippen LogP contribution in [0.15, 0.2) is 0 Å². The first-order chi connectivity index (χ1) is 10.9. The molecule has 0 atom stereocenters. The molecular weight excluding hydrogens is 318 g/mol. The Morgan fingerprint density at radius 3 is 2.00 bits per heavy atom. The van der Waals surface area contributed by atoms with Gasteiger partial charge in [-0.15, -0.1) is 0 Å². The van der Waals surface area contributed by atoms with Crippen molar-refractivity contribution in [3.63, 3.8) is 0 Å². The Labute approximate surface area is 142 Å². The van der Waals surface area contributed by atoms with Gasteiger partial charge in [-0.2, -0.15) is 0 Å². The number of hydrogen-bond donors (Lipinski definition) is 2. The zero-order valence-corrected chi connectivity index (χ0v) is 15.5. The zero-order chi connectivity index (χ0) is 19.0. The van der Waals surface area contributed by atoms with Gasteiger partial charge in [-0.3, -0.25) is 0 Å². The molecular formula is C15H29N3O6. The molecule has 0 radical (unpaired) electrons. The Kier molecular flexibility index (Phi) is 8.52. The van der Waals surface area contributed by atoms with Crippen molar-refractivity contribution in [1.29, 1.82) is 0 Å². The predicted molar refractivity (Wildman–Crippen MR) is 86.9 cm³/mol. The number of amides is 3. The van der Waals surface area contributed by atoms with Gasteiger partial charge in [0.1, 0.15) is 11.1 Å². The SMILES string of the molecule is CCN(CC)C(=O)NOCOC(=O)C(C)(C)NC(=O)OC(C)(C)C.